The van der Waals surface area contributed by atoms with Gasteiger partial charge >= 0.3 is 0 Å². The molecule has 1 heterocycles. The zero-order chi connectivity index (χ0) is 13.1. The van der Waals surface area contributed by atoms with Gasteiger partial charge in [0.1, 0.15) is 5.01 Å². The van der Waals surface area contributed by atoms with Crippen molar-refractivity contribution >= 4 is 38.6 Å². The number of nitrogens with one attached hydrogen (secondary N) is 1. The van der Waals surface area contributed by atoms with Gasteiger partial charge < -0.3 is 11.1 Å². The lowest BCUT2D eigenvalue weighted by atomic mass is 10.1. The summed E-state index contributed by atoms with van der Waals surface area (Å²) in [5.74, 6) is 0. The number of nitrogens with two attached hydrogens (primary N) is 1. The normalized spacial score (nSPS) is 12.4. The summed E-state index contributed by atoms with van der Waals surface area (Å²) in [7, 11) is 0. The molecule has 0 saturated carbocycles. The molecular formula is C13H16BrN3S. The number of benzene rings is 1. The van der Waals surface area contributed by atoms with E-state index < -0.39 is 0 Å². The number of nitrogens with zero attached hydrogens (tertiary/aromatic N) is 1. The van der Waals surface area contributed by atoms with E-state index in [0.29, 0.717) is 0 Å². The summed E-state index contributed by atoms with van der Waals surface area (Å²) in [5, 5.41) is 6.63. The van der Waals surface area contributed by atoms with Gasteiger partial charge in [-0.3, -0.25) is 0 Å². The van der Waals surface area contributed by atoms with Crippen molar-refractivity contribution in [2.75, 3.05) is 11.1 Å². The second-order valence-corrected chi connectivity index (χ2v) is 5.94. The summed E-state index contributed by atoms with van der Waals surface area (Å²) in [5.41, 5.74) is 8.82. The third-order valence-electron chi connectivity index (χ3n) is 2.84. The highest BCUT2D eigenvalue weighted by molar-refractivity contribution is 9.10. The van der Waals surface area contributed by atoms with Gasteiger partial charge in [0.2, 0.25) is 0 Å². The van der Waals surface area contributed by atoms with Crippen LogP contribution in [-0.2, 0) is 0 Å². The number of halogens is 1. The molecule has 0 amide bonds. The van der Waals surface area contributed by atoms with Gasteiger partial charge in [0.25, 0.3) is 0 Å². The smallest absolute Gasteiger partial charge is 0.115 e. The van der Waals surface area contributed by atoms with Gasteiger partial charge in [-0.2, -0.15) is 0 Å². The van der Waals surface area contributed by atoms with Gasteiger partial charge in [-0.25, -0.2) is 4.98 Å². The number of aryl methyl sites for hydroxylation is 1. The molecule has 1 aromatic carbocycles. The van der Waals surface area contributed by atoms with Crippen molar-refractivity contribution in [3.05, 3.63) is 38.8 Å². The van der Waals surface area contributed by atoms with E-state index in [1.165, 1.54) is 0 Å². The number of hydrogen-bond donors (Lipinski definition) is 2. The van der Waals surface area contributed by atoms with Crippen LogP contribution in [0.4, 0.5) is 11.4 Å². The second-order valence-electron chi connectivity index (χ2n) is 4.16. The van der Waals surface area contributed by atoms with Crippen molar-refractivity contribution in [2.24, 2.45) is 0 Å². The molecular weight excluding hydrogens is 310 g/mol. The Morgan fingerprint density at radius 3 is 2.89 bits per heavy atom. The molecule has 1 atom stereocenters. The van der Waals surface area contributed by atoms with Gasteiger partial charge in [0.05, 0.1) is 6.04 Å². The zero-order valence-electron chi connectivity index (χ0n) is 10.4. The fourth-order valence-corrected chi connectivity index (χ4v) is 2.99. The first-order chi connectivity index (χ1) is 8.61. The first kappa shape index (κ1) is 13.4. The average Bonchev–Trinajstić information content (AvgIpc) is 2.85. The van der Waals surface area contributed by atoms with Crippen LogP contribution in [0.5, 0.6) is 0 Å². The zero-order valence-corrected chi connectivity index (χ0v) is 12.8. The van der Waals surface area contributed by atoms with Crippen LogP contribution in [0.3, 0.4) is 0 Å². The van der Waals surface area contributed by atoms with Gasteiger partial charge in [0.15, 0.2) is 0 Å². The largest absolute Gasteiger partial charge is 0.398 e. The van der Waals surface area contributed by atoms with Crippen molar-refractivity contribution in [2.45, 2.75) is 26.3 Å². The van der Waals surface area contributed by atoms with Gasteiger partial charge in [-0.15, -0.1) is 11.3 Å². The Morgan fingerprint density at radius 1 is 1.50 bits per heavy atom. The minimum atomic E-state index is 0.240. The quantitative estimate of drug-likeness (QED) is 0.821. The highest BCUT2D eigenvalue weighted by Crippen LogP contribution is 2.32. The average molecular weight is 326 g/mol. The fraction of sp³-hybridized carbons (Fsp3) is 0.308. The summed E-state index contributed by atoms with van der Waals surface area (Å²) in [6, 6.07) is 4.24. The summed E-state index contributed by atoms with van der Waals surface area (Å²) >= 11 is 5.22. The number of aromatic nitrogens is 1. The molecule has 0 saturated heterocycles. The number of anilines is 2. The molecule has 2 aromatic rings. The molecule has 1 unspecified atom stereocenters. The lowest BCUT2D eigenvalue weighted by Crippen LogP contribution is -2.10. The van der Waals surface area contributed by atoms with E-state index in [0.717, 1.165) is 32.8 Å². The first-order valence-corrected chi connectivity index (χ1v) is 7.50. The highest BCUT2D eigenvalue weighted by Gasteiger charge is 2.13. The molecule has 0 radical (unpaired) electrons. The Labute approximate surface area is 120 Å². The standard InChI is InChI=1S/C13H16BrN3S/c1-3-11(13-16-4-5-18-13)17-12-6-8(2)10(15)7-9(12)14/h4-7,11,17H,3,15H2,1-2H3. The fourth-order valence-electron chi connectivity index (χ4n) is 1.74. The number of thiazole rings is 1. The van der Waals surface area contributed by atoms with Gasteiger partial charge in [-0.05, 0) is 47.0 Å². The maximum atomic E-state index is 5.88. The Morgan fingerprint density at radius 2 is 2.28 bits per heavy atom. The van der Waals surface area contributed by atoms with E-state index in [1.54, 1.807) is 11.3 Å². The lowest BCUT2D eigenvalue weighted by Gasteiger charge is -2.18. The summed E-state index contributed by atoms with van der Waals surface area (Å²) < 4.78 is 0.987. The molecule has 5 heteroatoms. The van der Waals surface area contributed by atoms with Crippen LogP contribution in [0, 0.1) is 6.92 Å². The Bertz CT molecular complexity index is 525. The van der Waals surface area contributed by atoms with E-state index >= 15 is 0 Å². The topological polar surface area (TPSA) is 50.9 Å². The Kier molecular flexibility index (Phi) is 4.24. The summed E-state index contributed by atoms with van der Waals surface area (Å²) in [4.78, 5) is 4.37. The minimum Gasteiger partial charge on any atom is -0.398 e. The number of hydrogen-bond acceptors (Lipinski definition) is 4. The molecule has 0 aliphatic carbocycles. The molecule has 3 N–H and O–H groups in total. The molecule has 0 aliphatic heterocycles. The van der Waals surface area contributed by atoms with Gasteiger partial charge in [0, 0.05) is 27.4 Å². The summed E-state index contributed by atoms with van der Waals surface area (Å²) in [6.07, 6.45) is 2.83. The SMILES string of the molecule is CCC(Nc1cc(C)c(N)cc1Br)c1nccs1. The van der Waals surface area contributed by atoms with Crippen LogP contribution in [-0.4, -0.2) is 4.98 Å². The molecule has 0 fully saturated rings. The van der Waals surface area contributed by atoms with Crippen molar-refractivity contribution in [3.8, 4) is 0 Å². The summed E-state index contributed by atoms with van der Waals surface area (Å²) in [6.45, 7) is 4.16. The predicted octanol–water partition coefficient (Wildman–Crippen LogP) is 4.36. The van der Waals surface area contributed by atoms with Crippen molar-refractivity contribution in [3.63, 3.8) is 0 Å². The van der Waals surface area contributed by atoms with Crippen LogP contribution >= 0.6 is 27.3 Å². The minimum absolute atomic E-state index is 0.240. The van der Waals surface area contributed by atoms with Crippen LogP contribution < -0.4 is 11.1 Å². The molecule has 0 bridgehead atoms. The maximum Gasteiger partial charge on any atom is 0.115 e. The lowest BCUT2D eigenvalue weighted by molar-refractivity contribution is 0.741. The maximum absolute atomic E-state index is 5.88. The second kappa shape index (κ2) is 5.71. The van der Waals surface area contributed by atoms with E-state index in [9.17, 15) is 0 Å². The van der Waals surface area contributed by atoms with Crippen molar-refractivity contribution < 1.29 is 0 Å². The highest BCUT2D eigenvalue weighted by atomic mass is 79.9. The van der Waals surface area contributed by atoms with E-state index in [2.05, 4.69) is 39.2 Å². The molecule has 1 aromatic heterocycles. The van der Waals surface area contributed by atoms with Crippen molar-refractivity contribution in [1.29, 1.82) is 0 Å². The van der Waals surface area contributed by atoms with Crippen LogP contribution in [0.2, 0.25) is 0 Å². The van der Waals surface area contributed by atoms with Crippen LogP contribution in [0.15, 0.2) is 28.2 Å². The number of nitrogen functional groups attached to an aromatic ring is 1. The first-order valence-electron chi connectivity index (χ1n) is 5.83. The number of rotatable bonds is 4. The van der Waals surface area contributed by atoms with E-state index in [4.69, 9.17) is 5.73 Å². The molecule has 18 heavy (non-hydrogen) atoms. The molecule has 2 rings (SSSR count). The van der Waals surface area contributed by atoms with E-state index in [1.807, 2.05) is 24.6 Å². The third-order valence-corrected chi connectivity index (χ3v) is 4.39. The van der Waals surface area contributed by atoms with Crippen LogP contribution in [0.1, 0.15) is 30.0 Å². The van der Waals surface area contributed by atoms with Crippen molar-refractivity contribution in [1.82, 2.24) is 4.98 Å². The molecule has 3 nitrogen and oxygen atoms in total. The monoisotopic (exact) mass is 325 g/mol. The van der Waals surface area contributed by atoms with E-state index in [-0.39, 0.29) is 6.04 Å². The van der Waals surface area contributed by atoms with Crippen LogP contribution in [0.25, 0.3) is 0 Å². The Balaban J connectivity index is 2.25. The molecule has 0 aliphatic rings. The molecule has 96 valence electrons. The predicted molar refractivity (Wildman–Crippen MR) is 82.1 cm³/mol. The third kappa shape index (κ3) is 2.84. The van der Waals surface area contributed by atoms with Gasteiger partial charge in [-0.1, -0.05) is 6.92 Å². The molecule has 0 spiro atoms. The Hall–Kier alpha value is -1.07.